The Morgan fingerprint density at radius 2 is 1.77 bits per heavy atom. The molecule has 3 heterocycles. The average Bonchev–Trinajstić information content (AvgIpc) is 3.54. The molecule has 1 aliphatic rings. The Morgan fingerprint density at radius 1 is 1.08 bits per heavy atom. The van der Waals surface area contributed by atoms with E-state index in [-0.39, 0.29) is 23.4 Å². The van der Waals surface area contributed by atoms with Crippen LogP contribution >= 0.6 is 11.3 Å². The van der Waals surface area contributed by atoms with Gasteiger partial charge in [0.05, 0.1) is 16.8 Å². The van der Waals surface area contributed by atoms with E-state index in [1.165, 1.54) is 23.5 Å². The number of amides is 2. The highest BCUT2D eigenvalue weighted by molar-refractivity contribution is 7.09. The number of aromatic hydroxyl groups is 1. The molecule has 0 atom stereocenters. The van der Waals surface area contributed by atoms with Crippen molar-refractivity contribution in [2.45, 2.75) is 24.9 Å². The van der Waals surface area contributed by atoms with Crippen LogP contribution in [0.15, 0.2) is 64.9 Å². The Balaban J connectivity index is 1.24. The molecule has 9 nitrogen and oxygen atoms in total. The summed E-state index contributed by atoms with van der Waals surface area (Å²) in [6.45, 7) is 0.897. The van der Waals surface area contributed by atoms with Crippen LogP contribution in [0.25, 0.3) is 11.1 Å². The van der Waals surface area contributed by atoms with Crippen LogP contribution in [0.1, 0.15) is 50.2 Å². The van der Waals surface area contributed by atoms with E-state index in [2.05, 4.69) is 15.4 Å². The molecule has 0 aliphatic carbocycles. The summed E-state index contributed by atoms with van der Waals surface area (Å²) in [6.07, 6.45) is -2.16. The summed E-state index contributed by atoms with van der Waals surface area (Å²) in [5.41, 5.74) is 2.51. The van der Waals surface area contributed by atoms with Crippen molar-refractivity contribution in [1.29, 1.82) is 0 Å². The first-order chi connectivity index (χ1) is 18.6. The van der Waals surface area contributed by atoms with E-state index < -0.39 is 23.3 Å². The minimum Gasteiger partial charge on any atom is -0.493 e. The van der Waals surface area contributed by atoms with Gasteiger partial charge in [0.25, 0.3) is 11.8 Å². The van der Waals surface area contributed by atoms with Gasteiger partial charge in [0.2, 0.25) is 5.88 Å². The second-order valence-electron chi connectivity index (χ2n) is 9.01. The lowest BCUT2D eigenvalue weighted by Crippen LogP contribution is -2.38. The summed E-state index contributed by atoms with van der Waals surface area (Å²) >= 11 is 1.31. The summed E-state index contributed by atoms with van der Waals surface area (Å²) in [7, 11) is 0. The molecule has 0 unspecified atom stereocenters. The molecule has 0 spiro atoms. The molecule has 202 valence electrons. The van der Waals surface area contributed by atoms with E-state index in [0.29, 0.717) is 42.6 Å². The van der Waals surface area contributed by atoms with Gasteiger partial charge in [-0.25, -0.2) is 14.5 Å². The maximum atomic E-state index is 13.4. The van der Waals surface area contributed by atoms with Gasteiger partial charge in [-0.2, -0.15) is 13.2 Å². The van der Waals surface area contributed by atoms with Crippen LogP contribution in [0.4, 0.5) is 13.2 Å². The third-order valence-electron chi connectivity index (χ3n) is 6.49. The van der Waals surface area contributed by atoms with Crippen molar-refractivity contribution in [2.75, 3.05) is 18.5 Å². The van der Waals surface area contributed by atoms with Gasteiger partial charge in [0.15, 0.2) is 0 Å². The number of hydrogen-bond acceptors (Lipinski definition) is 6. The highest BCUT2D eigenvalue weighted by Gasteiger charge is 2.31. The highest BCUT2D eigenvalue weighted by atomic mass is 32.1. The molecule has 0 saturated carbocycles. The quantitative estimate of drug-likeness (QED) is 0.335. The smallest absolute Gasteiger partial charge is 0.416 e. The van der Waals surface area contributed by atoms with Crippen molar-refractivity contribution >= 4 is 23.2 Å². The molecule has 1 saturated heterocycles. The minimum absolute atomic E-state index is 0.0322. The Bertz CT molecular complexity index is 1570. The summed E-state index contributed by atoms with van der Waals surface area (Å²) in [6, 6.07) is 11.6. The third-order valence-corrected chi connectivity index (χ3v) is 7.50. The normalized spacial score (nSPS) is 14.4. The molecule has 13 heteroatoms. The van der Waals surface area contributed by atoms with Crippen LogP contribution < -0.4 is 11.1 Å². The molecular weight excluding hydrogens is 535 g/mol. The Hall–Kier alpha value is -4.39. The topological polar surface area (TPSA) is 120 Å². The first-order valence-electron chi connectivity index (χ1n) is 11.9. The summed E-state index contributed by atoms with van der Waals surface area (Å²) < 4.78 is 39.7. The molecule has 2 aromatic carbocycles. The zero-order valence-corrected chi connectivity index (χ0v) is 21.1. The standard InChI is InChI=1S/C26H22F3N5O4S/c27-26(28,29)17-7-5-15(6-8-17)18-3-1-2-4-19(18)24(37)33-11-9-16(10-12-33)23-30-20(14-39-23)22(36)32-34-13-21(35)31-25(34)38/h1-8,13-14,16,35H,9-12H2,(H,31,38)(H,32,36). The Morgan fingerprint density at radius 3 is 2.41 bits per heavy atom. The molecule has 5 rings (SSSR count). The third kappa shape index (κ3) is 5.58. The number of thiazole rings is 1. The van der Waals surface area contributed by atoms with Gasteiger partial charge in [0, 0.05) is 30.0 Å². The van der Waals surface area contributed by atoms with Crippen LogP contribution in [-0.4, -0.2) is 49.6 Å². The molecule has 0 radical (unpaired) electrons. The van der Waals surface area contributed by atoms with Crippen molar-refractivity contribution < 1.29 is 27.9 Å². The zero-order chi connectivity index (χ0) is 27.7. The Kier molecular flexibility index (Phi) is 7.00. The number of aromatic nitrogens is 3. The largest absolute Gasteiger partial charge is 0.493 e. The summed E-state index contributed by atoms with van der Waals surface area (Å²) in [5, 5.41) is 11.6. The SMILES string of the molecule is O=C(Nn1cc(O)[nH]c1=O)c1csc(C2CCN(C(=O)c3ccccc3-c3ccc(C(F)(F)F)cc3)CC2)n1. The van der Waals surface area contributed by atoms with Crippen molar-refractivity contribution in [3.05, 3.63) is 92.4 Å². The van der Waals surface area contributed by atoms with E-state index in [4.69, 9.17) is 0 Å². The fraction of sp³-hybridized carbons (Fsp3) is 0.231. The average molecular weight is 558 g/mol. The van der Waals surface area contributed by atoms with Crippen LogP contribution in [-0.2, 0) is 6.18 Å². The van der Waals surface area contributed by atoms with E-state index in [1.54, 1.807) is 34.5 Å². The van der Waals surface area contributed by atoms with Crippen LogP contribution in [0, 0.1) is 0 Å². The molecule has 1 fully saturated rings. The number of nitrogens with one attached hydrogen (secondary N) is 2. The van der Waals surface area contributed by atoms with Gasteiger partial charge in [0.1, 0.15) is 5.69 Å². The number of hydrogen-bond donors (Lipinski definition) is 3. The number of rotatable bonds is 5. The van der Waals surface area contributed by atoms with Gasteiger partial charge >= 0.3 is 11.9 Å². The van der Waals surface area contributed by atoms with E-state index in [1.807, 2.05) is 0 Å². The van der Waals surface area contributed by atoms with Crippen molar-refractivity contribution in [3.8, 4) is 17.0 Å². The maximum absolute atomic E-state index is 13.4. The number of nitrogens with zero attached hydrogens (tertiary/aromatic N) is 3. The molecule has 4 aromatic rings. The number of imidazole rings is 1. The van der Waals surface area contributed by atoms with Crippen molar-refractivity contribution in [1.82, 2.24) is 19.5 Å². The number of alkyl halides is 3. The zero-order valence-electron chi connectivity index (χ0n) is 20.2. The molecule has 2 aromatic heterocycles. The van der Waals surface area contributed by atoms with Crippen molar-refractivity contribution in [3.63, 3.8) is 0 Å². The van der Waals surface area contributed by atoms with Gasteiger partial charge < -0.3 is 10.0 Å². The van der Waals surface area contributed by atoms with Gasteiger partial charge in [-0.1, -0.05) is 30.3 Å². The highest BCUT2D eigenvalue weighted by Crippen LogP contribution is 2.34. The first kappa shape index (κ1) is 26.2. The number of benzene rings is 2. The van der Waals surface area contributed by atoms with Crippen LogP contribution in [0.2, 0.25) is 0 Å². The number of aromatic amines is 1. The second kappa shape index (κ2) is 10.4. The maximum Gasteiger partial charge on any atom is 0.416 e. The summed E-state index contributed by atoms with van der Waals surface area (Å²) in [5.74, 6) is -1.17. The van der Waals surface area contributed by atoms with Crippen molar-refractivity contribution in [2.24, 2.45) is 0 Å². The lowest BCUT2D eigenvalue weighted by molar-refractivity contribution is -0.137. The van der Waals surface area contributed by atoms with Gasteiger partial charge in [-0.3, -0.25) is 20.0 Å². The number of H-pyrrole nitrogens is 1. The minimum atomic E-state index is -4.44. The number of carbonyl (C=O) groups is 2. The van der Waals surface area contributed by atoms with Crippen LogP contribution in [0.5, 0.6) is 5.88 Å². The number of piperidine rings is 1. The predicted octanol–water partition coefficient (Wildman–Crippen LogP) is 4.43. The monoisotopic (exact) mass is 557 g/mol. The summed E-state index contributed by atoms with van der Waals surface area (Å²) in [4.78, 5) is 45.7. The number of carbonyl (C=O) groups excluding carboxylic acids is 2. The molecule has 0 bridgehead atoms. The van der Waals surface area contributed by atoms with Gasteiger partial charge in [-0.15, -0.1) is 11.3 Å². The van der Waals surface area contributed by atoms with Crippen LogP contribution in [0.3, 0.4) is 0 Å². The molecule has 39 heavy (non-hydrogen) atoms. The predicted molar refractivity (Wildman–Crippen MR) is 137 cm³/mol. The lowest BCUT2D eigenvalue weighted by Gasteiger charge is -2.31. The molecular formula is C26H22F3N5O4S. The fourth-order valence-electron chi connectivity index (χ4n) is 4.47. The molecule has 2 amide bonds. The Labute approximate surface area is 223 Å². The molecule has 3 N–H and O–H groups in total. The first-order valence-corrected chi connectivity index (χ1v) is 12.8. The number of halogens is 3. The van der Waals surface area contributed by atoms with Gasteiger partial charge in [-0.05, 0) is 42.2 Å². The molecule has 1 aliphatic heterocycles. The number of likely N-dealkylation sites (tertiary alicyclic amines) is 1. The van der Waals surface area contributed by atoms with E-state index >= 15 is 0 Å². The van der Waals surface area contributed by atoms with E-state index in [9.17, 15) is 32.7 Å². The second-order valence-corrected chi connectivity index (χ2v) is 9.90. The van der Waals surface area contributed by atoms with E-state index in [0.717, 1.165) is 28.0 Å². The fourth-order valence-corrected chi connectivity index (χ4v) is 5.44. The lowest BCUT2D eigenvalue weighted by atomic mass is 9.94.